The van der Waals surface area contributed by atoms with Gasteiger partial charge in [0.1, 0.15) is 0 Å². The summed E-state index contributed by atoms with van der Waals surface area (Å²) in [6.45, 7) is 0.182. The third-order valence-corrected chi connectivity index (χ3v) is 3.45. The summed E-state index contributed by atoms with van der Waals surface area (Å²) in [5, 5.41) is 4.86. The topological polar surface area (TPSA) is 98.5 Å². The van der Waals surface area contributed by atoms with Gasteiger partial charge in [-0.05, 0) is 12.8 Å². The van der Waals surface area contributed by atoms with Crippen LogP contribution >= 0.6 is 0 Å². The molecule has 0 aromatic carbocycles. The van der Waals surface area contributed by atoms with E-state index in [4.69, 9.17) is 10.9 Å². The molecule has 0 aliphatic heterocycles. The quantitative estimate of drug-likeness (QED) is 0.536. The van der Waals surface area contributed by atoms with Crippen LogP contribution in [0.2, 0.25) is 0 Å². The van der Waals surface area contributed by atoms with Crippen molar-refractivity contribution in [2.24, 2.45) is 21.8 Å². The Morgan fingerprint density at radius 2 is 1.87 bits per heavy atom. The highest BCUT2D eigenvalue weighted by atomic mass is 32.2. The average molecular weight is 233 g/mol. The number of rotatable bonds is 4. The van der Waals surface area contributed by atoms with E-state index in [0.29, 0.717) is 11.8 Å². The van der Waals surface area contributed by atoms with Crippen molar-refractivity contribution in [3.8, 4) is 0 Å². The van der Waals surface area contributed by atoms with E-state index in [9.17, 15) is 8.42 Å². The maximum absolute atomic E-state index is 10.7. The molecule has 0 saturated heterocycles. The van der Waals surface area contributed by atoms with Crippen LogP contribution < -0.4 is 10.9 Å². The summed E-state index contributed by atoms with van der Waals surface area (Å²) >= 11 is 0. The number of sulfonamides is 1. The Balaban J connectivity index is 2.38. The van der Waals surface area contributed by atoms with Gasteiger partial charge in [0, 0.05) is 5.92 Å². The molecule has 5 nitrogen and oxygen atoms in total. The maximum atomic E-state index is 10.7. The molecule has 6 heteroatoms. The Morgan fingerprint density at radius 1 is 1.27 bits per heavy atom. The number of hydrogen-bond donors (Lipinski definition) is 2. The molecule has 1 saturated carbocycles. The fourth-order valence-corrected chi connectivity index (χ4v) is 2.18. The van der Waals surface area contributed by atoms with Crippen LogP contribution in [0.15, 0.2) is 4.99 Å². The monoisotopic (exact) mass is 233 g/mol. The first-order valence-corrected chi connectivity index (χ1v) is 7.01. The highest BCUT2D eigenvalue weighted by Crippen LogP contribution is 2.23. The lowest BCUT2D eigenvalue weighted by Gasteiger charge is -2.20. The van der Waals surface area contributed by atoms with Crippen LogP contribution in [-0.2, 0) is 10.0 Å². The SMILES string of the molecule is NC(=NCCS(N)(=O)=O)C1CCCCC1. The number of hydrogen-bond acceptors (Lipinski definition) is 3. The predicted octanol–water partition coefficient (Wildman–Crippen LogP) is 0.212. The Labute approximate surface area is 91.0 Å². The van der Waals surface area contributed by atoms with Gasteiger partial charge >= 0.3 is 0 Å². The zero-order chi connectivity index (χ0) is 11.3. The second kappa shape index (κ2) is 5.46. The molecular weight excluding hydrogens is 214 g/mol. The predicted molar refractivity (Wildman–Crippen MR) is 61.0 cm³/mol. The molecule has 1 aliphatic carbocycles. The van der Waals surface area contributed by atoms with Gasteiger partial charge in [-0.25, -0.2) is 13.6 Å². The molecule has 0 amide bonds. The first-order chi connectivity index (χ1) is 6.99. The van der Waals surface area contributed by atoms with Gasteiger partial charge in [0.15, 0.2) is 0 Å². The summed E-state index contributed by atoms with van der Waals surface area (Å²) in [4.78, 5) is 4.07. The number of primary sulfonamides is 1. The van der Waals surface area contributed by atoms with Crippen LogP contribution in [0, 0.1) is 5.92 Å². The lowest BCUT2D eigenvalue weighted by Crippen LogP contribution is -2.27. The minimum atomic E-state index is -3.41. The summed E-state index contributed by atoms with van der Waals surface area (Å²) in [6, 6.07) is 0. The van der Waals surface area contributed by atoms with Crippen LogP contribution in [0.4, 0.5) is 0 Å². The van der Waals surface area contributed by atoms with Crippen LogP contribution in [0.3, 0.4) is 0 Å². The average Bonchev–Trinajstić information content (AvgIpc) is 2.17. The van der Waals surface area contributed by atoms with Gasteiger partial charge in [-0.2, -0.15) is 0 Å². The second-order valence-corrected chi connectivity index (χ2v) is 5.74. The normalized spacial score (nSPS) is 20.5. The van der Waals surface area contributed by atoms with Crippen molar-refractivity contribution in [1.82, 2.24) is 0 Å². The highest BCUT2D eigenvalue weighted by molar-refractivity contribution is 7.89. The molecule has 0 radical (unpaired) electrons. The fraction of sp³-hybridized carbons (Fsp3) is 0.889. The second-order valence-electron chi connectivity index (χ2n) is 4.01. The van der Waals surface area contributed by atoms with E-state index in [2.05, 4.69) is 4.99 Å². The van der Waals surface area contributed by atoms with Gasteiger partial charge in [0.2, 0.25) is 10.0 Å². The van der Waals surface area contributed by atoms with Crippen molar-refractivity contribution in [2.45, 2.75) is 32.1 Å². The number of nitrogens with zero attached hydrogens (tertiary/aromatic N) is 1. The van der Waals surface area contributed by atoms with Crippen LogP contribution in [0.25, 0.3) is 0 Å². The van der Waals surface area contributed by atoms with Crippen molar-refractivity contribution < 1.29 is 8.42 Å². The van der Waals surface area contributed by atoms with Gasteiger partial charge in [-0.3, -0.25) is 4.99 Å². The molecule has 0 aromatic rings. The van der Waals surface area contributed by atoms with E-state index in [1.807, 2.05) is 0 Å². The zero-order valence-corrected chi connectivity index (χ0v) is 9.67. The summed E-state index contributed by atoms with van der Waals surface area (Å²) in [5.41, 5.74) is 5.79. The molecule has 1 fully saturated rings. The van der Waals surface area contributed by atoms with Gasteiger partial charge in [-0.1, -0.05) is 19.3 Å². The Hall–Kier alpha value is -0.620. The van der Waals surface area contributed by atoms with E-state index in [1.165, 1.54) is 19.3 Å². The third kappa shape index (κ3) is 5.13. The smallest absolute Gasteiger partial charge is 0.210 e. The molecule has 0 unspecified atom stereocenters. The minimum absolute atomic E-state index is 0.125. The molecule has 0 bridgehead atoms. The maximum Gasteiger partial charge on any atom is 0.210 e. The molecule has 4 N–H and O–H groups in total. The molecule has 1 aliphatic rings. The lowest BCUT2D eigenvalue weighted by molar-refractivity contribution is 0.436. The molecule has 0 spiro atoms. The van der Waals surface area contributed by atoms with E-state index in [-0.39, 0.29) is 12.3 Å². The zero-order valence-electron chi connectivity index (χ0n) is 8.85. The number of amidine groups is 1. The Kier molecular flexibility index (Phi) is 4.53. The lowest BCUT2D eigenvalue weighted by atomic mass is 9.88. The van der Waals surface area contributed by atoms with E-state index in [1.54, 1.807) is 0 Å². The van der Waals surface area contributed by atoms with Crippen molar-refractivity contribution in [2.75, 3.05) is 12.3 Å². The largest absolute Gasteiger partial charge is 0.387 e. The fourth-order valence-electron chi connectivity index (χ4n) is 1.83. The number of nitrogens with two attached hydrogens (primary N) is 2. The molecule has 0 aromatic heterocycles. The first-order valence-electron chi connectivity index (χ1n) is 5.29. The molecule has 0 atom stereocenters. The number of aliphatic imine (C=N–C) groups is 1. The summed E-state index contributed by atoms with van der Waals surface area (Å²) in [7, 11) is -3.41. The van der Waals surface area contributed by atoms with Crippen molar-refractivity contribution in [1.29, 1.82) is 0 Å². The van der Waals surface area contributed by atoms with Crippen molar-refractivity contribution >= 4 is 15.9 Å². The van der Waals surface area contributed by atoms with Gasteiger partial charge in [0.25, 0.3) is 0 Å². The summed E-state index contributed by atoms with van der Waals surface area (Å²) < 4.78 is 21.3. The minimum Gasteiger partial charge on any atom is -0.387 e. The molecule has 88 valence electrons. The first kappa shape index (κ1) is 12.4. The van der Waals surface area contributed by atoms with E-state index < -0.39 is 10.0 Å². The van der Waals surface area contributed by atoms with Crippen molar-refractivity contribution in [3.63, 3.8) is 0 Å². The van der Waals surface area contributed by atoms with Crippen LogP contribution in [-0.4, -0.2) is 26.6 Å². The molecule has 15 heavy (non-hydrogen) atoms. The summed E-state index contributed by atoms with van der Waals surface area (Å²) in [6.07, 6.45) is 5.79. The van der Waals surface area contributed by atoms with Gasteiger partial charge < -0.3 is 5.73 Å². The van der Waals surface area contributed by atoms with E-state index in [0.717, 1.165) is 12.8 Å². The molecular formula is C9H19N3O2S. The van der Waals surface area contributed by atoms with Gasteiger partial charge in [0.05, 0.1) is 18.1 Å². The highest BCUT2D eigenvalue weighted by Gasteiger charge is 2.16. The summed E-state index contributed by atoms with van der Waals surface area (Å²) in [5.74, 6) is 0.818. The third-order valence-electron chi connectivity index (χ3n) is 2.69. The standard InChI is InChI=1S/C9H19N3O2S/c10-9(8-4-2-1-3-5-8)12-6-7-15(11,13)14/h8H,1-7H2,(H2,10,12)(H2,11,13,14). The Bertz CT molecular complexity index is 318. The van der Waals surface area contributed by atoms with Crippen LogP contribution in [0.5, 0.6) is 0 Å². The van der Waals surface area contributed by atoms with E-state index >= 15 is 0 Å². The van der Waals surface area contributed by atoms with Crippen molar-refractivity contribution in [3.05, 3.63) is 0 Å². The van der Waals surface area contributed by atoms with Crippen LogP contribution in [0.1, 0.15) is 32.1 Å². The molecule has 0 heterocycles. The molecule has 1 rings (SSSR count). The Morgan fingerprint density at radius 3 is 2.40 bits per heavy atom. The van der Waals surface area contributed by atoms with Gasteiger partial charge in [-0.15, -0.1) is 0 Å².